The van der Waals surface area contributed by atoms with Gasteiger partial charge in [-0.25, -0.2) is 0 Å². The fourth-order valence-electron chi connectivity index (χ4n) is 2.52. The zero-order valence-electron chi connectivity index (χ0n) is 10.8. The highest BCUT2D eigenvalue weighted by Crippen LogP contribution is 2.31. The predicted octanol–water partition coefficient (Wildman–Crippen LogP) is 3.64. The van der Waals surface area contributed by atoms with Crippen LogP contribution < -0.4 is 5.30 Å². The Morgan fingerprint density at radius 1 is 1.00 bits per heavy atom. The SMILES string of the molecule is Cc1cc(C)c([P+](=O)O)c(C)c1-c1ccccc1. The highest BCUT2D eigenvalue weighted by molar-refractivity contribution is 7.47. The van der Waals surface area contributed by atoms with Crippen LogP contribution in [0.15, 0.2) is 36.4 Å². The quantitative estimate of drug-likeness (QED) is 0.836. The minimum atomic E-state index is -2.31. The third-order valence-corrected chi connectivity index (χ3v) is 4.26. The van der Waals surface area contributed by atoms with Crippen molar-refractivity contribution in [1.82, 2.24) is 0 Å². The summed E-state index contributed by atoms with van der Waals surface area (Å²) in [5, 5.41) is 0.564. The maximum atomic E-state index is 11.5. The van der Waals surface area contributed by atoms with Gasteiger partial charge in [-0.05, 0) is 42.0 Å². The van der Waals surface area contributed by atoms with E-state index in [1.165, 1.54) is 0 Å². The molecule has 0 saturated heterocycles. The molecule has 0 saturated carbocycles. The normalized spacial score (nSPS) is 11.4. The second-order valence-corrected chi connectivity index (χ2v) is 5.49. The molecular weight excluding hydrogens is 243 g/mol. The van der Waals surface area contributed by atoms with Crippen molar-refractivity contribution in [2.75, 3.05) is 0 Å². The molecule has 3 heteroatoms. The van der Waals surface area contributed by atoms with E-state index >= 15 is 0 Å². The van der Waals surface area contributed by atoms with E-state index < -0.39 is 8.03 Å². The second-order valence-electron chi connectivity index (χ2n) is 4.50. The highest BCUT2D eigenvalue weighted by Gasteiger charge is 2.26. The molecular formula is C15H16O2P+. The van der Waals surface area contributed by atoms with E-state index in [4.69, 9.17) is 0 Å². The minimum absolute atomic E-state index is 0.564. The van der Waals surface area contributed by atoms with Crippen LogP contribution in [0.1, 0.15) is 16.7 Å². The Balaban J connectivity index is 2.76. The molecule has 92 valence electrons. The van der Waals surface area contributed by atoms with Gasteiger partial charge in [-0.15, -0.1) is 0 Å². The van der Waals surface area contributed by atoms with Crippen LogP contribution in [0, 0.1) is 20.8 Å². The number of rotatable bonds is 2. The van der Waals surface area contributed by atoms with E-state index in [1.54, 1.807) is 0 Å². The van der Waals surface area contributed by atoms with Crippen LogP contribution in [0.5, 0.6) is 0 Å². The molecule has 0 aliphatic rings. The number of hydrogen-bond donors (Lipinski definition) is 1. The number of aryl methyl sites for hydroxylation is 2. The van der Waals surface area contributed by atoms with E-state index in [-0.39, 0.29) is 0 Å². The molecule has 0 heterocycles. The molecule has 18 heavy (non-hydrogen) atoms. The van der Waals surface area contributed by atoms with E-state index in [2.05, 4.69) is 0 Å². The molecule has 0 bridgehead atoms. The molecule has 0 spiro atoms. The average molecular weight is 259 g/mol. The Morgan fingerprint density at radius 2 is 1.61 bits per heavy atom. The zero-order valence-corrected chi connectivity index (χ0v) is 11.7. The monoisotopic (exact) mass is 259 g/mol. The van der Waals surface area contributed by atoms with E-state index in [1.807, 2.05) is 57.2 Å². The molecule has 2 nitrogen and oxygen atoms in total. The molecule has 1 atom stereocenters. The molecule has 0 aromatic heterocycles. The Kier molecular flexibility index (Phi) is 3.60. The minimum Gasteiger partial charge on any atom is -0.156 e. The molecule has 0 aliphatic carbocycles. The van der Waals surface area contributed by atoms with Crippen LogP contribution in [0.25, 0.3) is 11.1 Å². The molecule has 1 N–H and O–H groups in total. The summed E-state index contributed by atoms with van der Waals surface area (Å²) < 4.78 is 11.5. The first-order valence-electron chi connectivity index (χ1n) is 5.84. The first-order chi connectivity index (χ1) is 8.52. The summed E-state index contributed by atoms with van der Waals surface area (Å²) in [4.78, 5) is 9.46. The summed E-state index contributed by atoms with van der Waals surface area (Å²) in [6.45, 7) is 5.84. The fraction of sp³-hybridized carbons (Fsp3) is 0.200. The largest absolute Gasteiger partial charge is 0.546 e. The molecule has 2 rings (SSSR count). The molecule has 0 fully saturated rings. The lowest BCUT2D eigenvalue weighted by molar-refractivity contribution is 0.513. The topological polar surface area (TPSA) is 37.3 Å². The summed E-state index contributed by atoms with van der Waals surface area (Å²) in [5.41, 5.74) is 5.08. The highest BCUT2D eigenvalue weighted by atomic mass is 31.1. The predicted molar refractivity (Wildman–Crippen MR) is 75.5 cm³/mol. The first kappa shape index (κ1) is 12.9. The summed E-state index contributed by atoms with van der Waals surface area (Å²) in [7, 11) is -2.31. The van der Waals surface area contributed by atoms with Gasteiger partial charge in [-0.1, -0.05) is 36.4 Å². The van der Waals surface area contributed by atoms with Crippen molar-refractivity contribution in [3.05, 3.63) is 53.1 Å². The van der Waals surface area contributed by atoms with Crippen LogP contribution >= 0.6 is 8.03 Å². The van der Waals surface area contributed by atoms with Gasteiger partial charge in [-0.2, -0.15) is 4.89 Å². The van der Waals surface area contributed by atoms with Crippen molar-refractivity contribution in [2.45, 2.75) is 20.8 Å². The lowest BCUT2D eigenvalue weighted by Gasteiger charge is -2.11. The van der Waals surface area contributed by atoms with Gasteiger partial charge in [0.1, 0.15) is 0 Å². The van der Waals surface area contributed by atoms with Crippen LogP contribution in [-0.2, 0) is 4.57 Å². The van der Waals surface area contributed by atoms with Crippen LogP contribution in [0.2, 0.25) is 0 Å². The van der Waals surface area contributed by atoms with E-state index in [0.717, 1.165) is 27.8 Å². The van der Waals surface area contributed by atoms with Crippen molar-refractivity contribution in [3.8, 4) is 11.1 Å². The Morgan fingerprint density at radius 3 is 2.17 bits per heavy atom. The lowest BCUT2D eigenvalue weighted by Crippen LogP contribution is -2.09. The van der Waals surface area contributed by atoms with Gasteiger partial charge in [0.05, 0.1) is 0 Å². The lowest BCUT2D eigenvalue weighted by atomic mass is 9.94. The third kappa shape index (κ3) is 2.22. The van der Waals surface area contributed by atoms with Gasteiger partial charge in [-0.3, -0.25) is 0 Å². The maximum Gasteiger partial charge on any atom is 0.546 e. The van der Waals surface area contributed by atoms with Gasteiger partial charge in [0.25, 0.3) is 0 Å². The zero-order chi connectivity index (χ0) is 13.3. The molecule has 0 radical (unpaired) electrons. The van der Waals surface area contributed by atoms with Gasteiger partial charge in [0.15, 0.2) is 0 Å². The van der Waals surface area contributed by atoms with Crippen LogP contribution in [-0.4, -0.2) is 4.89 Å². The Bertz CT molecular complexity index is 604. The van der Waals surface area contributed by atoms with Gasteiger partial charge in [0, 0.05) is 11.1 Å². The molecule has 0 amide bonds. The molecule has 0 aliphatic heterocycles. The van der Waals surface area contributed by atoms with Crippen molar-refractivity contribution in [1.29, 1.82) is 0 Å². The van der Waals surface area contributed by atoms with Crippen molar-refractivity contribution < 1.29 is 9.46 Å². The van der Waals surface area contributed by atoms with Crippen molar-refractivity contribution in [2.24, 2.45) is 0 Å². The molecule has 1 unspecified atom stereocenters. The molecule has 2 aromatic carbocycles. The van der Waals surface area contributed by atoms with Gasteiger partial charge in [0.2, 0.25) is 5.30 Å². The van der Waals surface area contributed by atoms with Gasteiger partial charge < -0.3 is 0 Å². The van der Waals surface area contributed by atoms with Crippen LogP contribution in [0.4, 0.5) is 0 Å². The van der Waals surface area contributed by atoms with Crippen LogP contribution in [0.3, 0.4) is 0 Å². The summed E-state index contributed by atoms with van der Waals surface area (Å²) in [6, 6.07) is 12.0. The van der Waals surface area contributed by atoms with E-state index in [0.29, 0.717) is 5.30 Å². The second kappa shape index (κ2) is 5.01. The molecule has 2 aromatic rings. The number of benzene rings is 2. The standard InChI is InChI=1S/C15H15O2P/c1-10-9-11(2)15(18(16)17)12(3)14(10)13-7-5-4-6-8-13/h4-9H,1-3H3/p+1. The van der Waals surface area contributed by atoms with Crippen molar-refractivity contribution in [3.63, 3.8) is 0 Å². The summed E-state index contributed by atoms with van der Waals surface area (Å²) in [5.74, 6) is 0. The van der Waals surface area contributed by atoms with E-state index in [9.17, 15) is 9.46 Å². The number of hydrogen-bond acceptors (Lipinski definition) is 1. The summed E-state index contributed by atoms with van der Waals surface area (Å²) in [6.07, 6.45) is 0. The third-order valence-electron chi connectivity index (χ3n) is 3.18. The fourth-order valence-corrected chi connectivity index (χ4v) is 3.28. The summed E-state index contributed by atoms with van der Waals surface area (Å²) >= 11 is 0. The Hall–Kier alpha value is -1.50. The first-order valence-corrected chi connectivity index (χ1v) is 7.06. The Labute approximate surface area is 108 Å². The maximum absolute atomic E-state index is 11.5. The van der Waals surface area contributed by atoms with Crippen molar-refractivity contribution >= 4 is 13.3 Å². The van der Waals surface area contributed by atoms with Gasteiger partial charge >= 0.3 is 8.03 Å². The average Bonchev–Trinajstić information content (AvgIpc) is 2.28. The smallest absolute Gasteiger partial charge is 0.156 e.